The second-order valence-corrected chi connectivity index (χ2v) is 13.4. The van der Waals surface area contributed by atoms with Gasteiger partial charge in [-0.05, 0) is 73.6 Å². The standard InChI is InChI=1S/C23H46O5P2/c1-8-26-29(7,24)23(30(25,27-9-2)28-10-3)20-15-13-11-12-14-18-22(6)19-16-17-21(4)5/h17-18,23H,8-16,19-20H2,1-7H3/b22-18+. The largest absolute Gasteiger partial charge is 0.343 e. The minimum Gasteiger partial charge on any atom is -0.328 e. The third-order valence-electron chi connectivity index (χ3n) is 4.91. The molecule has 0 aromatic heterocycles. The predicted molar refractivity (Wildman–Crippen MR) is 130 cm³/mol. The smallest absolute Gasteiger partial charge is 0.328 e. The van der Waals surface area contributed by atoms with Crippen molar-refractivity contribution in [2.24, 2.45) is 0 Å². The highest BCUT2D eigenvalue weighted by Gasteiger charge is 2.46. The normalized spacial score (nSPS) is 15.6. The first kappa shape index (κ1) is 29.8. The van der Waals surface area contributed by atoms with Crippen LogP contribution in [0.5, 0.6) is 0 Å². The Labute approximate surface area is 186 Å². The van der Waals surface area contributed by atoms with Gasteiger partial charge in [-0.15, -0.1) is 0 Å². The molecule has 0 saturated heterocycles. The Morgan fingerprint density at radius 1 is 0.800 bits per heavy atom. The van der Waals surface area contributed by atoms with E-state index in [9.17, 15) is 9.13 Å². The van der Waals surface area contributed by atoms with Crippen LogP contribution >= 0.6 is 15.0 Å². The third-order valence-corrected chi connectivity index (χ3v) is 11.4. The van der Waals surface area contributed by atoms with Gasteiger partial charge in [0.05, 0.1) is 19.8 Å². The molecule has 0 aliphatic carbocycles. The molecular weight excluding hydrogens is 418 g/mol. The monoisotopic (exact) mass is 464 g/mol. The van der Waals surface area contributed by atoms with Crippen molar-refractivity contribution < 1.29 is 22.7 Å². The molecule has 0 amide bonds. The van der Waals surface area contributed by atoms with Gasteiger partial charge in [0.2, 0.25) is 7.37 Å². The van der Waals surface area contributed by atoms with E-state index in [0.29, 0.717) is 13.0 Å². The average molecular weight is 465 g/mol. The van der Waals surface area contributed by atoms with Crippen LogP contribution in [0.1, 0.15) is 92.9 Å². The maximum absolute atomic E-state index is 13.3. The van der Waals surface area contributed by atoms with E-state index in [2.05, 4.69) is 32.9 Å². The van der Waals surface area contributed by atoms with Gasteiger partial charge in [-0.25, -0.2) is 0 Å². The molecular formula is C23H46O5P2. The summed E-state index contributed by atoms with van der Waals surface area (Å²) in [6.07, 6.45) is 12.6. The fourth-order valence-corrected chi connectivity index (χ4v) is 9.05. The second kappa shape index (κ2) is 16.5. The molecule has 0 spiro atoms. The number of hydrogen-bond donors (Lipinski definition) is 0. The second-order valence-electron chi connectivity index (χ2n) is 8.04. The molecule has 2 atom stereocenters. The highest BCUT2D eigenvalue weighted by atomic mass is 31.2. The highest BCUT2D eigenvalue weighted by molar-refractivity contribution is 7.74. The van der Waals surface area contributed by atoms with Crippen molar-refractivity contribution >= 4 is 15.0 Å². The summed E-state index contributed by atoms with van der Waals surface area (Å²) >= 11 is 0. The zero-order valence-electron chi connectivity index (χ0n) is 20.4. The molecule has 178 valence electrons. The lowest BCUT2D eigenvalue weighted by molar-refractivity contribution is 0.213. The van der Waals surface area contributed by atoms with Gasteiger partial charge >= 0.3 is 7.60 Å². The van der Waals surface area contributed by atoms with Gasteiger partial charge in [-0.2, -0.15) is 0 Å². The Balaban J connectivity index is 4.61. The van der Waals surface area contributed by atoms with E-state index in [0.717, 1.165) is 44.9 Å². The zero-order chi connectivity index (χ0) is 23.0. The van der Waals surface area contributed by atoms with Crippen molar-refractivity contribution in [2.75, 3.05) is 26.5 Å². The minimum atomic E-state index is -3.48. The third kappa shape index (κ3) is 12.6. The minimum absolute atomic E-state index is 0.263. The van der Waals surface area contributed by atoms with Crippen LogP contribution in [0.4, 0.5) is 0 Å². The van der Waals surface area contributed by atoms with Gasteiger partial charge in [0.1, 0.15) is 5.40 Å². The van der Waals surface area contributed by atoms with Crippen LogP contribution in [-0.4, -0.2) is 31.9 Å². The molecule has 5 nitrogen and oxygen atoms in total. The maximum atomic E-state index is 13.3. The van der Waals surface area contributed by atoms with Gasteiger partial charge in [0.25, 0.3) is 0 Å². The fraction of sp³-hybridized carbons (Fsp3) is 0.826. The van der Waals surface area contributed by atoms with Crippen molar-refractivity contribution in [2.45, 2.75) is 98.3 Å². The molecule has 7 heteroatoms. The van der Waals surface area contributed by atoms with Crippen LogP contribution in [0.2, 0.25) is 0 Å². The molecule has 0 aromatic rings. The lowest BCUT2D eigenvalue weighted by Gasteiger charge is -2.30. The molecule has 30 heavy (non-hydrogen) atoms. The summed E-state index contributed by atoms with van der Waals surface area (Å²) in [5.41, 5.74) is 2.82. The van der Waals surface area contributed by atoms with E-state index >= 15 is 0 Å². The van der Waals surface area contributed by atoms with E-state index in [4.69, 9.17) is 13.6 Å². The quantitative estimate of drug-likeness (QED) is 0.115. The van der Waals surface area contributed by atoms with Crippen molar-refractivity contribution in [3.8, 4) is 0 Å². The van der Waals surface area contributed by atoms with Crippen molar-refractivity contribution in [3.05, 3.63) is 23.3 Å². The molecule has 2 unspecified atom stereocenters. The molecule has 0 bridgehead atoms. The van der Waals surface area contributed by atoms with Crippen LogP contribution in [-0.2, 0) is 22.7 Å². The molecule has 0 heterocycles. The SMILES string of the molecule is CCOP(C)(=O)C(CCCCCC/C=C(\C)CCC=C(C)C)P(=O)(OCC)OCC. The van der Waals surface area contributed by atoms with Crippen molar-refractivity contribution in [3.63, 3.8) is 0 Å². The van der Waals surface area contributed by atoms with E-state index in [1.165, 1.54) is 11.1 Å². The van der Waals surface area contributed by atoms with Crippen LogP contribution in [0.25, 0.3) is 0 Å². The van der Waals surface area contributed by atoms with Gasteiger partial charge < -0.3 is 13.6 Å². The fourth-order valence-electron chi connectivity index (χ4n) is 3.42. The summed E-state index contributed by atoms with van der Waals surface area (Å²) in [5, 5.41) is -0.693. The zero-order valence-corrected chi connectivity index (χ0v) is 22.2. The van der Waals surface area contributed by atoms with Crippen LogP contribution in [0, 0.1) is 0 Å². The first-order chi connectivity index (χ1) is 14.1. The molecule has 0 rings (SSSR count). The Hall–Kier alpha value is -0.180. The van der Waals surface area contributed by atoms with Crippen LogP contribution in [0.15, 0.2) is 23.3 Å². The summed E-state index contributed by atoms with van der Waals surface area (Å²) in [6.45, 7) is 14.2. The van der Waals surface area contributed by atoms with Crippen molar-refractivity contribution in [1.82, 2.24) is 0 Å². The van der Waals surface area contributed by atoms with E-state index in [1.54, 1.807) is 27.4 Å². The number of allylic oxidation sites excluding steroid dienone is 4. The molecule has 0 aliphatic rings. The first-order valence-electron chi connectivity index (χ1n) is 11.5. The molecule has 0 saturated carbocycles. The van der Waals surface area contributed by atoms with E-state index < -0.39 is 20.4 Å². The Morgan fingerprint density at radius 3 is 1.90 bits per heavy atom. The van der Waals surface area contributed by atoms with E-state index in [1.807, 2.05) is 0 Å². The van der Waals surface area contributed by atoms with Gasteiger partial charge in [-0.1, -0.05) is 42.6 Å². The summed E-state index contributed by atoms with van der Waals surface area (Å²) < 4.78 is 42.9. The van der Waals surface area contributed by atoms with Gasteiger partial charge in [-0.3, -0.25) is 9.13 Å². The average Bonchev–Trinajstić information content (AvgIpc) is 2.63. The number of rotatable bonds is 18. The summed E-state index contributed by atoms with van der Waals surface area (Å²) in [4.78, 5) is 0. The molecule has 0 radical (unpaired) electrons. The number of hydrogen-bond acceptors (Lipinski definition) is 5. The first-order valence-corrected chi connectivity index (χ1v) is 15.3. The molecule has 0 aliphatic heterocycles. The summed E-state index contributed by atoms with van der Waals surface area (Å²) in [6, 6.07) is 0. The Bertz CT molecular complexity index is 599. The van der Waals surface area contributed by atoms with Gasteiger partial charge in [0.15, 0.2) is 0 Å². The molecule has 0 fully saturated rings. The molecule has 0 N–H and O–H groups in total. The van der Waals surface area contributed by atoms with Crippen LogP contribution in [0.3, 0.4) is 0 Å². The van der Waals surface area contributed by atoms with Crippen LogP contribution < -0.4 is 0 Å². The number of unbranched alkanes of at least 4 members (excludes halogenated alkanes) is 4. The maximum Gasteiger partial charge on any atom is 0.343 e. The predicted octanol–water partition coefficient (Wildman–Crippen LogP) is 8.56. The topological polar surface area (TPSA) is 61.8 Å². The molecule has 0 aromatic carbocycles. The van der Waals surface area contributed by atoms with Crippen molar-refractivity contribution in [1.29, 1.82) is 0 Å². The van der Waals surface area contributed by atoms with E-state index in [-0.39, 0.29) is 13.2 Å². The lowest BCUT2D eigenvalue weighted by atomic mass is 10.1. The Morgan fingerprint density at radius 2 is 1.37 bits per heavy atom. The lowest BCUT2D eigenvalue weighted by Crippen LogP contribution is -2.15. The Kier molecular flexibility index (Phi) is 16.4. The summed E-state index contributed by atoms with van der Waals surface area (Å²) in [5.74, 6) is 0. The summed E-state index contributed by atoms with van der Waals surface area (Å²) in [7, 11) is -6.58. The van der Waals surface area contributed by atoms with Gasteiger partial charge in [0, 0.05) is 6.66 Å². The highest BCUT2D eigenvalue weighted by Crippen LogP contribution is 2.69.